The Labute approximate surface area is 175 Å². The lowest BCUT2D eigenvalue weighted by Gasteiger charge is -2.22. The second-order valence-corrected chi connectivity index (χ2v) is 8.89. The summed E-state index contributed by atoms with van der Waals surface area (Å²) in [5.41, 5.74) is 1.67. The second kappa shape index (κ2) is 8.57. The monoisotopic (exact) mass is 413 g/mol. The van der Waals surface area contributed by atoms with Crippen LogP contribution in [0.1, 0.15) is 39.5 Å². The number of hydrogen-bond donors (Lipinski definition) is 2. The number of thioether (sulfide) groups is 1. The Kier molecular flexibility index (Phi) is 5.89. The third-order valence-electron chi connectivity index (χ3n) is 5.91. The predicted octanol–water partition coefficient (Wildman–Crippen LogP) is 3.32. The Hall–Kier alpha value is -2.35. The number of carbonyl (C=O) groups is 2. The van der Waals surface area contributed by atoms with E-state index in [0.29, 0.717) is 24.3 Å². The SMILES string of the molecule is CCn1c(SCC(=O)N[C@H]2C[C@H]3CC[C@H]2C3)nnc1-c1ccc(NC(C)=O)cc1. The molecule has 0 unspecified atom stereocenters. The molecule has 0 radical (unpaired) electrons. The van der Waals surface area contributed by atoms with Gasteiger partial charge in [0.05, 0.1) is 5.75 Å². The maximum absolute atomic E-state index is 12.4. The van der Waals surface area contributed by atoms with E-state index in [-0.39, 0.29) is 11.8 Å². The first-order valence-corrected chi connectivity index (χ1v) is 11.3. The fraction of sp³-hybridized carbons (Fsp3) is 0.524. The van der Waals surface area contributed by atoms with E-state index in [4.69, 9.17) is 0 Å². The summed E-state index contributed by atoms with van der Waals surface area (Å²) in [5.74, 6) is 2.60. The van der Waals surface area contributed by atoms with Crippen LogP contribution in [0.4, 0.5) is 5.69 Å². The molecule has 4 rings (SSSR count). The molecule has 2 bridgehead atoms. The summed E-state index contributed by atoms with van der Waals surface area (Å²) in [6.45, 7) is 4.24. The van der Waals surface area contributed by atoms with Gasteiger partial charge in [-0.3, -0.25) is 9.59 Å². The number of rotatable bonds is 7. The molecule has 0 spiro atoms. The quantitative estimate of drug-likeness (QED) is 0.680. The van der Waals surface area contributed by atoms with Gasteiger partial charge in [-0.2, -0.15) is 0 Å². The minimum absolute atomic E-state index is 0.0828. The normalized spacial score (nSPS) is 22.6. The Morgan fingerprint density at radius 1 is 1.17 bits per heavy atom. The van der Waals surface area contributed by atoms with Crippen molar-refractivity contribution in [3.63, 3.8) is 0 Å². The van der Waals surface area contributed by atoms with Crippen LogP contribution in [0.5, 0.6) is 0 Å². The van der Waals surface area contributed by atoms with E-state index in [9.17, 15) is 9.59 Å². The lowest BCUT2D eigenvalue weighted by Crippen LogP contribution is -2.39. The molecule has 2 amide bonds. The Balaban J connectivity index is 1.38. The Bertz CT molecular complexity index is 895. The molecule has 1 heterocycles. The molecule has 2 N–H and O–H groups in total. The highest BCUT2D eigenvalue weighted by molar-refractivity contribution is 7.99. The van der Waals surface area contributed by atoms with Crippen molar-refractivity contribution < 1.29 is 9.59 Å². The highest BCUT2D eigenvalue weighted by Gasteiger charge is 2.40. The van der Waals surface area contributed by atoms with Gasteiger partial charge in [0, 0.05) is 30.8 Å². The molecule has 2 aliphatic carbocycles. The van der Waals surface area contributed by atoms with E-state index in [1.165, 1.54) is 37.9 Å². The number of nitrogens with one attached hydrogen (secondary N) is 2. The number of anilines is 1. The second-order valence-electron chi connectivity index (χ2n) is 7.95. The van der Waals surface area contributed by atoms with Crippen LogP contribution in [0, 0.1) is 11.8 Å². The number of fused-ring (bicyclic) bond motifs is 2. The third kappa shape index (κ3) is 4.47. The molecule has 0 aliphatic heterocycles. The fourth-order valence-corrected chi connectivity index (χ4v) is 5.41. The maximum Gasteiger partial charge on any atom is 0.230 e. The van der Waals surface area contributed by atoms with Crippen molar-refractivity contribution >= 4 is 29.3 Å². The summed E-state index contributed by atoms with van der Waals surface area (Å²) in [6, 6.07) is 7.89. The van der Waals surface area contributed by atoms with Crippen molar-refractivity contribution in [3.8, 4) is 11.4 Å². The van der Waals surface area contributed by atoms with Crippen LogP contribution >= 0.6 is 11.8 Å². The highest BCUT2D eigenvalue weighted by atomic mass is 32.2. The van der Waals surface area contributed by atoms with Crippen molar-refractivity contribution in [1.82, 2.24) is 20.1 Å². The maximum atomic E-state index is 12.4. The molecule has 7 nitrogen and oxygen atoms in total. The zero-order valence-corrected chi connectivity index (χ0v) is 17.7. The molecule has 0 saturated heterocycles. The van der Waals surface area contributed by atoms with Crippen LogP contribution in [0.3, 0.4) is 0 Å². The van der Waals surface area contributed by atoms with Crippen LogP contribution < -0.4 is 10.6 Å². The van der Waals surface area contributed by atoms with E-state index < -0.39 is 0 Å². The summed E-state index contributed by atoms with van der Waals surface area (Å²) in [5, 5.41) is 15.4. The zero-order chi connectivity index (χ0) is 20.4. The van der Waals surface area contributed by atoms with Crippen molar-refractivity contribution in [2.45, 2.75) is 57.3 Å². The van der Waals surface area contributed by atoms with Gasteiger partial charge in [0.25, 0.3) is 0 Å². The van der Waals surface area contributed by atoms with Crippen molar-refractivity contribution in [2.24, 2.45) is 11.8 Å². The number of aromatic nitrogens is 3. The smallest absolute Gasteiger partial charge is 0.230 e. The van der Waals surface area contributed by atoms with E-state index in [2.05, 4.69) is 20.8 Å². The fourth-order valence-electron chi connectivity index (χ4n) is 4.60. The van der Waals surface area contributed by atoms with Crippen LogP contribution in [0.2, 0.25) is 0 Å². The molecule has 3 atom stereocenters. The van der Waals surface area contributed by atoms with E-state index in [0.717, 1.165) is 34.6 Å². The first kappa shape index (κ1) is 19.9. The van der Waals surface area contributed by atoms with Gasteiger partial charge in [0.1, 0.15) is 0 Å². The lowest BCUT2D eigenvalue weighted by molar-refractivity contribution is -0.119. The topological polar surface area (TPSA) is 88.9 Å². The van der Waals surface area contributed by atoms with Crippen LogP contribution in [-0.2, 0) is 16.1 Å². The third-order valence-corrected chi connectivity index (χ3v) is 6.88. The minimum Gasteiger partial charge on any atom is -0.352 e. The molecule has 2 fully saturated rings. The molecule has 29 heavy (non-hydrogen) atoms. The summed E-state index contributed by atoms with van der Waals surface area (Å²) >= 11 is 1.43. The number of amides is 2. The molecule has 154 valence electrons. The Morgan fingerprint density at radius 3 is 2.59 bits per heavy atom. The number of hydrogen-bond acceptors (Lipinski definition) is 5. The standard InChI is InChI=1S/C21H27N5O2S/c1-3-26-20(15-6-8-17(9-7-15)22-13(2)27)24-25-21(26)29-12-19(28)23-18-11-14-4-5-16(18)10-14/h6-9,14,16,18H,3-5,10-12H2,1-2H3,(H,22,27)(H,23,28)/t14-,16-,18-/m0/s1. The number of carbonyl (C=O) groups excluding carboxylic acids is 2. The molecule has 2 aliphatic rings. The molecule has 2 aromatic rings. The van der Waals surface area contributed by atoms with Gasteiger partial charge in [0.15, 0.2) is 11.0 Å². The van der Waals surface area contributed by atoms with Gasteiger partial charge in [-0.15, -0.1) is 10.2 Å². The summed E-state index contributed by atoms with van der Waals surface area (Å²) in [4.78, 5) is 23.6. The van der Waals surface area contributed by atoms with Crippen molar-refractivity contribution in [1.29, 1.82) is 0 Å². The van der Waals surface area contributed by atoms with Gasteiger partial charge in [-0.1, -0.05) is 18.2 Å². The van der Waals surface area contributed by atoms with Crippen LogP contribution in [0.25, 0.3) is 11.4 Å². The molecule has 1 aromatic carbocycles. The summed E-state index contributed by atoms with van der Waals surface area (Å²) in [7, 11) is 0. The summed E-state index contributed by atoms with van der Waals surface area (Å²) < 4.78 is 2.02. The minimum atomic E-state index is -0.100. The largest absolute Gasteiger partial charge is 0.352 e. The van der Waals surface area contributed by atoms with Gasteiger partial charge in [0.2, 0.25) is 11.8 Å². The molecule has 8 heteroatoms. The molecule has 1 aromatic heterocycles. The first-order chi connectivity index (χ1) is 14.0. The van der Waals surface area contributed by atoms with E-state index in [1.807, 2.05) is 35.8 Å². The molecular formula is C21H27N5O2S. The Morgan fingerprint density at radius 2 is 1.97 bits per heavy atom. The lowest BCUT2D eigenvalue weighted by atomic mass is 9.95. The average Bonchev–Trinajstić information content (AvgIpc) is 3.41. The van der Waals surface area contributed by atoms with Crippen LogP contribution in [0.15, 0.2) is 29.4 Å². The zero-order valence-electron chi connectivity index (χ0n) is 16.9. The van der Waals surface area contributed by atoms with Gasteiger partial charge in [-0.05, 0) is 62.3 Å². The molecule has 2 saturated carbocycles. The van der Waals surface area contributed by atoms with Gasteiger partial charge >= 0.3 is 0 Å². The van der Waals surface area contributed by atoms with Gasteiger partial charge in [-0.25, -0.2) is 0 Å². The average molecular weight is 414 g/mol. The molecular weight excluding hydrogens is 386 g/mol. The van der Waals surface area contributed by atoms with Gasteiger partial charge < -0.3 is 15.2 Å². The van der Waals surface area contributed by atoms with E-state index in [1.54, 1.807) is 0 Å². The van der Waals surface area contributed by atoms with Crippen LogP contribution in [-0.4, -0.2) is 38.4 Å². The summed E-state index contributed by atoms with van der Waals surface area (Å²) in [6.07, 6.45) is 5.02. The number of benzene rings is 1. The first-order valence-electron chi connectivity index (χ1n) is 10.3. The van der Waals surface area contributed by atoms with E-state index >= 15 is 0 Å². The van der Waals surface area contributed by atoms with Crippen molar-refractivity contribution in [3.05, 3.63) is 24.3 Å². The van der Waals surface area contributed by atoms with Crippen molar-refractivity contribution in [2.75, 3.05) is 11.1 Å². The predicted molar refractivity (Wildman–Crippen MR) is 114 cm³/mol. The number of nitrogens with zero attached hydrogens (tertiary/aromatic N) is 3. The highest BCUT2D eigenvalue weighted by Crippen LogP contribution is 2.44.